The molecule has 2 saturated heterocycles. The van der Waals surface area contributed by atoms with Crippen LogP contribution in [0.5, 0.6) is 0 Å². The molecule has 2 N–H and O–H groups in total. The number of carbonyl (C=O) groups excluding carboxylic acids is 2. The molecule has 2 amide bonds. The molecule has 2 aromatic carbocycles. The fourth-order valence-corrected chi connectivity index (χ4v) is 6.25. The van der Waals surface area contributed by atoms with E-state index < -0.39 is 23.8 Å². The van der Waals surface area contributed by atoms with E-state index >= 15 is 0 Å². The van der Waals surface area contributed by atoms with Crippen LogP contribution < -0.4 is 10.6 Å². The maximum absolute atomic E-state index is 13.9. The number of aryl methyl sites for hydroxylation is 1. The number of hydrogen-bond donors (Lipinski definition) is 2. The van der Waals surface area contributed by atoms with Crippen LogP contribution in [0.3, 0.4) is 0 Å². The first-order valence-electron chi connectivity index (χ1n) is 14.8. The Morgan fingerprint density at radius 2 is 1.89 bits per heavy atom. The molecule has 8 nitrogen and oxygen atoms in total. The van der Waals surface area contributed by atoms with Gasteiger partial charge in [0.15, 0.2) is 0 Å². The first kappa shape index (κ1) is 31.2. The summed E-state index contributed by atoms with van der Waals surface area (Å²) in [4.78, 5) is 29.1. The summed E-state index contributed by atoms with van der Waals surface area (Å²) in [7, 11) is 1.81. The Morgan fingerprint density at radius 1 is 1.14 bits per heavy atom. The van der Waals surface area contributed by atoms with Crippen LogP contribution >= 0.6 is 0 Å². The third-order valence-corrected chi connectivity index (χ3v) is 8.58. The van der Waals surface area contributed by atoms with Crippen LogP contribution in [0.2, 0.25) is 0 Å². The van der Waals surface area contributed by atoms with Crippen LogP contribution in [0.1, 0.15) is 36.5 Å². The van der Waals surface area contributed by atoms with E-state index in [1.54, 1.807) is 15.7 Å². The monoisotopic (exact) mass is 606 g/mol. The molecule has 11 heteroatoms. The maximum Gasteiger partial charge on any atom is 0.416 e. The van der Waals surface area contributed by atoms with Crippen molar-refractivity contribution in [1.82, 2.24) is 30.5 Å². The van der Waals surface area contributed by atoms with E-state index in [-0.39, 0.29) is 30.2 Å². The van der Waals surface area contributed by atoms with Gasteiger partial charge < -0.3 is 15.5 Å². The van der Waals surface area contributed by atoms with E-state index in [0.29, 0.717) is 32.4 Å². The zero-order valence-electron chi connectivity index (χ0n) is 24.8. The number of nitrogens with one attached hydrogen (secondary N) is 2. The lowest BCUT2D eigenvalue weighted by molar-refractivity contribution is -0.139. The number of likely N-dealkylation sites (tertiary alicyclic amines) is 1. The van der Waals surface area contributed by atoms with Gasteiger partial charge in [0.05, 0.1) is 17.1 Å². The smallest absolute Gasteiger partial charge is 0.350 e. The van der Waals surface area contributed by atoms with Crippen LogP contribution in [-0.4, -0.2) is 56.9 Å². The standard InChI is InChI=1S/C33H37F3N6O2/c1-4-6-7-24(5-2)25-17-28(37-19-25)32(44)42-20-23(14-21-8-11-26(12-9-21)33(34,35)36)16-30(42)31(43)38-18-22-10-13-29-27(15-22)39-40-41(29)3/h4-13,15,23,25,28,30,37H,1,14,16-20H2,2-3H3,(H,38,43)/b7-6-,24-5+. The van der Waals surface area contributed by atoms with Crippen molar-refractivity contribution in [2.75, 3.05) is 13.1 Å². The summed E-state index contributed by atoms with van der Waals surface area (Å²) in [6, 6.07) is 9.65. The van der Waals surface area contributed by atoms with E-state index in [1.807, 2.05) is 50.4 Å². The SMILES string of the molecule is C=C/C=C\C(=C/C)C1CNC(C(=O)N2CC(Cc3ccc(C(F)(F)F)cc3)CC2C(=O)NCc2ccc3c(c2)nnn3C)C1. The summed E-state index contributed by atoms with van der Waals surface area (Å²) in [6.07, 6.45) is 4.69. The largest absolute Gasteiger partial charge is 0.416 e. The molecule has 232 valence electrons. The number of fused-ring (bicyclic) bond motifs is 1. The summed E-state index contributed by atoms with van der Waals surface area (Å²) in [5.74, 6) is -0.322. The highest BCUT2D eigenvalue weighted by atomic mass is 19.4. The highest BCUT2D eigenvalue weighted by molar-refractivity contribution is 5.90. The molecule has 0 aliphatic carbocycles. The number of carbonyl (C=O) groups is 2. The van der Waals surface area contributed by atoms with Gasteiger partial charge in [0.1, 0.15) is 11.6 Å². The Morgan fingerprint density at radius 3 is 2.59 bits per heavy atom. The molecule has 0 bridgehead atoms. The Kier molecular flexibility index (Phi) is 9.33. The zero-order chi connectivity index (χ0) is 31.4. The maximum atomic E-state index is 13.9. The predicted molar refractivity (Wildman–Crippen MR) is 162 cm³/mol. The van der Waals surface area contributed by atoms with E-state index in [9.17, 15) is 22.8 Å². The number of nitrogens with zero attached hydrogens (tertiary/aromatic N) is 4. The van der Waals surface area contributed by atoms with Crippen molar-refractivity contribution in [2.45, 2.75) is 51.0 Å². The van der Waals surface area contributed by atoms with Crippen molar-refractivity contribution in [3.05, 3.63) is 95.6 Å². The molecule has 5 rings (SSSR count). The van der Waals surface area contributed by atoms with Crippen molar-refractivity contribution in [3.63, 3.8) is 0 Å². The second kappa shape index (κ2) is 13.2. The molecule has 2 aliphatic rings. The van der Waals surface area contributed by atoms with Gasteiger partial charge in [0, 0.05) is 26.7 Å². The van der Waals surface area contributed by atoms with Crippen LogP contribution in [-0.2, 0) is 35.8 Å². The Balaban J connectivity index is 1.30. The van der Waals surface area contributed by atoms with Gasteiger partial charge in [-0.1, -0.05) is 54.3 Å². The van der Waals surface area contributed by atoms with Gasteiger partial charge in [-0.15, -0.1) is 5.10 Å². The third-order valence-electron chi connectivity index (χ3n) is 8.58. The number of rotatable bonds is 9. The molecule has 0 saturated carbocycles. The lowest BCUT2D eigenvalue weighted by Gasteiger charge is -2.27. The number of benzene rings is 2. The third kappa shape index (κ3) is 6.93. The summed E-state index contributed by atoms with van der Waals surface area (Å²) in [6.45, 7) is 6.94. The molecular weight excluding hydrogens is 569 g/mol. The van der Waals surface area contributed by atoms with Gasteiger partial charge in [-0.2, -0.15) is 13.2 Å². The summed E-state index contributed by atoms with van der Waals surface area (Å²) in [5.41, 5.74) is 3.60. The normalized spacial score (nSPS) is 22.7. The van der Waals surface area contributed by atoms with Crippen molar-refractivity contribution in [3.8, 4) is 0 Å². The number of hydrogen-bond acceptors (Lipinski definition) is 5. The Hall–Kier alpha value is -4.25. The minimum Gasteiger partial charge on any atom is -0.350 e. The lowest BCUT2D eigenvalue weighted by Crippen LogP contribution is -2.51. The molecule has 0 spiro atoms. The second-order valence-electron chi connectivity index (χ2n) is 11.5. The minimum atomic E-state index is -4.41. The number of aromatic nitrogens is 3. The van der Waals surface area contributed by atoms with Gasteiger partial charge in [-0.25, -0.2) is 4.68 Å². The molecule has 4 unspecified atom stereocenters. The van der Waals surface area contributed by atoms with E-state index in [0.717, 1.165) is 39.9 Å². The molecule has 3 heterocycles. The summed E-state index contributed by atoms with van der Waals surface area (Å²) < 4.78 is 40.9. The Labute approximate surface area is 254 Å². The highest BCUT2D eigenvalue weighted by Crippen LogP contribution is 2.33. The molecule has 4 atom stereocenters. The highest BCUT2D eigenvalue weighted by Gasteiger charge is 2.43. The van der Waals surface area contributed by atoms with Gasteiger partial charge in [-0.3, -0.25) is 9.59 Å². The van der Waals surface area contributed by atoms with Crippen LogP contribution in [0.15, 0.2) is 78.9 Å². The van der Waals surface area contributed by atoms with E-state index in [1.165, 1.54) is 12.1 Å². The molecular formula is C33H37F3N6O2. The number of allylic oxidation sites excluding steroid dienone is 4. The fraction of sp³-hybridized carbons (Fsp3) is 0.394. The van der Waals surface area contributed by atoms with Crippen molar-refractivity contribution in [1.29, 1.82) is 0 Å². The molecule has 1 aromatic heterocycles. The first-order valence-corrected chi connectivity index (χ1v) is 14.8. The molecule has 0 radical (unpaired) electrons. The fourth-order valence-electron chi connectivity index (χ4n) is 6.25. The number of halogens is 3. The molecule has 2 fully saturated rings. The van der Waals surface area contributed by atoms with E-state index in [4.69, 9.17) is 0 Å². The average molecular weight is 607 g/mol. The molecule has 44 heavy (non-hydrogen) atoms. The van der Waals surface area contributed by atoms with Gasteiger partial charge in [0.25, 0.3) is 0 Å². The quantitative estimate of drug-likeness (QED) is 0.344. The zero-order valence-corrected chi connectivity index (χ0v) is 24.8. The van der Waals surface area contributed by atoms with Crippen LogP contribution in [0.25, 0.3) is 11.0 Å². The Bertz CT molecular complexity index is 1580. The second-order valence-corrected chi connectivity index (χ2v) is 11.5. The summed E-state index contributed by atoms with van der Waals surface area (Å²) in [5, 5.41) is 14.5. The topological polar surface area (TPSA) is 92.2 Å². The van der Waals surface area contributed by atoms with Crippen molar-refractivity contribution in [2.24, 2.45) is 18.9 Å². The van der Waals surface area contributed by atoms with Crippen LogP contribution in [0, 0.1) is 11.8 Å². The molecule has 2 aliphatic heterocycles. The van der Waals surface area contributed by atoms with Crippen molar-refractivity contribution < 1.29 is 22.8 Å². The first-order chi connectivity index (χ1) is 21.1. The minimum absolute atomic E-state index is 0.0822. The van der Waals surface area contributed by atoms with Gasteiger partial charge in [-0.05, 0) is 79.0 Å². The molecule has 3 aromatic rings. The van der Waals surface area contributed by atoms with Crippen LogP contribution in [0.4, 0.5) is 13.2 Å². The number of amides is 2. The number of alkyl halides is 3. The summed E-state index contributed by atoms with van der Waals surface area (Å²) >= 11 is 0. The van der Waals surface area contributed by atoms with Crippen molar-refractivity contribution >= 4 is 22.8 Å². The lowest BCUT2D eigenvalue weighted by atomic mass is 9.95. The van der Waals surface area contributed by atoms with Gasteiger partial charge in [0.2, 0.25) is 11.8 Å². The average Bonchev–Trinajstić information content (AvgIpc) is 3.75. The van der Waals surface area contributed by atoms with Gasteiger partial charge >= 0.3 is 6.18 Å². The predicted octanol–water partition coefficient (Wildman–Crippen LogP) is 4.73. The van der Waals surface area contributed by atoms with E-state index in [2.05, 4.69) is 27.5 Å².